The molecule has 5 nitrogen and oxygen atoms in total. The Labute approximate surface area is 123 Å². The first-order chi connectivity index (χ1) is 10.1. The van der Waals surface area contributed by atoms with Crippen molar-refractivity contribution >= 4 is 17.4 Å². The van der Waals surface area contributed by atoms with Crippen molar-refractivity contribution in [1.29, 1.82) is 0 Å². The van der Waals surface area contributed by atoms with Gasteiger partial charge in [-0.2, -0.15) is 0 Å². The van der Waals surface area contributed by atoms with Crippen LogP contribution in [0.3, 0.4) is 0 Å². The molecular formula is C16H17N3O2. The second-order valence-corrected chi connectivity index (χ2v) is 5.42. The van der Waals surface area contributed by atoms with E-state index in [4.69, 9.17) is 0 Å². The monoisotopic (exact) mass is 283 g/mol. The van der Waals surface area contributed by atoms with Gasteiger partial charge in [0.1, 0.15) is 12.1 Å². The summed E-state index contributed by atoms with van der Waals surface area (Å²) < 4.78 is 0. The minimum absolute atomic E-state index is 0.0339. The van der Waals surface area contributed by atoms with Gasteiger partial charge in [0.05, 0.1) is 0 Å². The lowest BCUT2D eigenvalue weighted by Gasteiger charge is -2.20. The second-order valence-electron chi connectivity index (χ2n) is 5.42. The molecule has 2 aliphatic rings. The van der Waals surface area contributed by atoms with Gasteiger partial charge in [0.25, 0.3) is 0 Å². The number of carbonyl (C=O) groups is 2. The van der Waals surface area contributed by atoms with E-state index in [1.165, 1.54) is 6.33 Å². The molecule has 1 aliphatic carbocycles. The van der Waals surface area contributed by atoms with Crippen LogP contribution in [0.5, 0.6) is 0 Å². The van der Waals surface area contributed by atoms with Gasteiger partial charge in [0.2, 0.25) is 0 Å². The molecule has 3 rings (SSSR count). The summed E-state index contributed by atoms with van der Waals surface area (Å²) in [6.45, 7) is 4.88. The molecule has 108 valence electrons. The van der Waals surface area contributed by atoms with Gasteiger partial charge >= 0.3 is 0 Å². The molecule has 0 amide bonds. The number of hydrogen-bond donors (Lipinski definition) is 0. The lowest BCUT2D eigenvalue weighted by atomic mass is 9.83. The fourth-order valence-electron chi connectivity index (χ4n) is 2.90. The average molecular weight is 283 g/mol. The molecule has 2 heterocycles. The summed E-state index contributed by atoms with van der Waals surface area (Å²) >= 11 is 0. The highest BCUT2D eigenvalue weighted by atomic mass is 16.1. The number of Topliss-reactive ketones (excluding diaryl/α,β-unsaturated/α-hetero) is 2. The second kappa shape index (κ2) is 5.24. The van der Waals surface area contributed by atoms with Crippen LogP contribution < -0.4 is 4.90 Å². The zero-order valence-corrected chi connectivity index (χ0v) is 12.2. The van der Waals surface area contributed by atoms with Crippen molar-refractivity contribution in [1.82, 2.24) is 9.97 Å². The van der Waals surface area contributed by atoms with E-state index in [1.807, 2.05) is 6.07 Å². The van der Waals surface area contributed by atoms with Crippen molar-refractivity contribution < 1.29 is 9.59 Å². The zero-order chi connectivity index (χ0) is 15.0. The highest BCUT2D eigenvalue weighted by Crippen LogP contribution is 2.31. The van der Waals surface area contributed by atoms with Crippen LogP contribution in [0.15, 0.2) is 40.9 Å². The minimum atomic E-state index is 0.0339. The number of hydrogen-bond acceptors (Lipinski definition) is 5. The molecule has 0 atom stereocenters. The molecule has 0 spiro atoms. The molecule has 0 saturated carbocycles. The zero-order valence-electron chi connectivity index (χ0n) is 12.2. The standard InChI is InChI=1S/C16H17N3O2/c1-10-11(2)16(21)13-5-8-19(7-4-12(13)15(10)20)14-3-6-17-9-18-14/h3,6,9H,4-5,7-8H2,1-2H3. The topological polar surface area (TPSA) is 63.2 Å². The van der Waals surface area contributed by atoms with Gasteiger partial charge < -0.3 is 4.90 Å². The van der Waals surface area contributed by atoms with Gasteiger partial charge in [0.15, 0.2) is 11.6 Å². The maximum Gasteiger partial charge on any atom is 0.185 e. The largest absolute Gasteiger partial charge is 0.356 e. The molecule has 0 radical (unpaired) electrons. The Bertz CT molecular complexity index is 636. The van der Waals surface area contributed by atoms with E-state index in [-0.39, 0.29) is 11.6 Å². The summed E-state index contributed by atoms with van der Waals surface area (Å²) in [5, 5.41) is 0. The predicted octanol–water partition coefficient (Wildman–Crippen LogP) is 1.86. The number of nitrogens with zero attached hydrogens (tertiary/aromatic N) is 3. The highest BCUT2D eigenvalue weighted by molar-refractivity contribution is 6.24. The molecule has 0 unspecified atom stereocenters. The molecule has 0 fully saturated rings. The van der Waals surface area contributed by atoms with Gasteiger partial charge in [-0.25, -0.2) is 9.97 Å². The molecule has 0 N–H and O–H groups in total. The molecule has 21 heavy (non-hydrogen) atoms. The van der Waals surface area contributed by atoms with Crippen LogP contribution in [-0.2, 0) is 9.59 Å². The lowest BCUT2D eigenvalue weighted by molar-refractivity contribution is -0.116. The summed E-state index contributed by atoms with van der Waals surface area (Å²) in [7, 11) is 0. The third-order valence-corrected chi connectivity index (χ3v) is 4.31. The fraction of sp³-hybridized carbons (Fsp3) is 0.375. The number of rotatable bonds is 1. The Morgan fingerprint density at radius 2 is 1.57 bits per heavy atom. The molecular weight excluding hydrogens is 266 g/mol. The van der Waals surface area contributed by atoms with Gasteiger partial charge in [0, 0.05) is 41.6 Å². The highest BCUT2D eigenvalue weighted by Gasteiger charge is 2.32. The fourth-order valence-corrected chi connectivity index (χ4v) is 2.90. The summed E-state index contributed by atoms with van der Waals surface area (Å²) in [6, 6.07) is 1.85. The van der Waals surface area contributed by atoms with Crippen molar-refractivity contribution in [3.8, 4) is 0 Å². The summed E-state index contributed by atoms with van der Waals surface area (Å²) in [5.41, 5.74) is 2.57. The Morgan fingerprint density at radius 1 is 1.00 bits per heavy atom. The number of allylic oxidation sites excluding steroid dienone is 2. The Balaban J connectivity index is 1.88. The van der Waals surface area contributed by atoms with Gasteiger partial charge in [-0.15, -0.1) is 0 Å². The predicted molar refractivity (Wildman–Crippen MR) is 78.9 cm³/mol. The van der Waals surface area contributed by atoms with E-state index in [0.717, 1.165) is 5.82 Å². The molecule has 1 aliphatic heterocycles. The number of ketones is 2. The van der Waals surface area contributed by atoms with Crippen molar-refractivity contribution in [2.24, 2.45) is 0 Å². The summed E-state index contributed by atoms with van der Waals surface area (Å²) in [6.07, 6.45) is 4.40. The van der Waals surface area contributed by atoms with Crippen molar-refractivity contribution in [2.75, 3.05) is 18.0 Å². The first kappa shape index (κ1) is 13.7. The molecule has 1 aromatic rings. The van der Waals surface area contributed by atoms with Gasteiger partial charge in [-0.1, -0.05) is 0 Å². The van der Waals surface area contributed by atoms with Crippen molar-refractivity contribution in [2.45, 2.75) is 26.7 Å². The molecule has 0 bridgehead atoms. The SMILES string of the molecule is CC1=C(C)C(=O)C2=C(CCN(c3ccncn3)CC2)C1=O. The molecule has 0 saturated heterocycles. The van der Waals surface area contributed by atoms with Gasteiger partial charge in [-0.05, 0) is 32.8 Å². The van der Waals surface area contributed by atoms with Crippen LogP contribution in [0.2, 0.25) is 0 Å². The average Bonchev–Trinajstić information content (AvgIpc) is 2.75. The number of carbonyl (C=O) groups excluding carboxylic acids is 2. The summed E-state index contributed by atoms with van der Waals surface area (Å²) in [4.78, 5) is 35.1. The van der Waals surface area contributed by atoms with Crippen LogP contribution in [0.1, 0.15) is 26.7 Å². The van der Waals surface area contributed by atoms with E-state index in [0.29, 0.717) is 48.2 Å². The Morgan fingerprint density at radius 3 is 2.05 bits per heavy atom. The van der Waals surface area contributed by atoms with Crippen LogP contribution in [0, 0.1) is 0 Å². The number of anilines is 1. The van der Waals surface area contributed by atoms with E-state index >= 15 is 0 Å². The minimum Gasteiger partial charge on any atom is -0.356 e. The maximum atomic E-state index is 12.4. The quantitative estimate of drug-likeness (QED) is 0.736. The van der Waals surface area contributed by atoms with Crippen LogP contribution >= 0.6 is 0 Å². The molecule has 0 aromatic carbocycles. The summed E-state index contributed by atoms with van der Waals surface area (Å²) in [5.74, 6) is 0.907. The van der Waals surface area contributed by atoms with Crippen molar-refractivity contribution in [3.63, 3.8) is 0 Å². The van der Waals surface area contributed by atoms with Gasteiger partial charge in [-0.3, -0.25) is 9.59 Å². The van der Waals surface area contributed by atoms with E-state index in [2.05, 4.69) is 14.9 Å². The Hall–Kier alpha value is -2.30. The van der Waals surface area contributed by atoms with E-state index in [1.54, 1.807) is 20.0 Å². The first-order valence-corrected chi connectivity index (χ1v) is 7.09. The Kier molecular flexibility index (Phi) is 3.41. The van der Waals surface area contributed by atoms with Crippen LogP contribution in [0.25, 0.3) is 0 Å². The first-order valence-electron chi connectivity index (χ1n) is 7.09. The lowest BCUT2D eigenvalue weighted by Crippen LogP contribution is -2.25. The molecule has 5 heteroatoms. The van der Waals surface area contributed by atoms with E-state index in [9.17, 15) is 9.59 Å². The normalized spacial score (nSPS) is 19.8. The third-order valence-electron chi connectivity index (χ3n) is 4.31. The number of aromatic nitrogens is 2. The van der Waals surface area contributed by atoms with Crippen LogP contribution in [0.4, 0.5) is 5.82 Å². The maximum absolute atomic E-state index is 12.4. The van der Waals surface area contributed by atoms with E-state index < -0.39 is 0 Å². The smallest absolute Gasteiger partial charge is 0.185 e. The van der Waals surface area contributed by atoms with Crippen LogP contribution in [-0.4, -0.2) is 34.6 Å². The third kappa shape index (κ3) is 2.28. The molecule has 1 aromatic heterocycles. The van der Waals surface area contributed by atoms with Crippen molar-refractivity contribution in [3.05, 3.63) is 40.9 Å².